The number of aliphatic imine (C=N–C) groups is 1. The maximum atomic E-state index is 11.1. The molecule has 0 aliphatic carbocycles. The molecule has 4 heteroatoms. The van der Waals surface area contributed by atoms with Gasteiger partial charge in [0.2, 0.25) is 0 Å². The zero-order chi connectivity index (χ0) is 12.0. The minimum atomic E-state index is -0.207. The largest absolute Gasteiger partial charge is 0.872 e. The molecule has 0 heterocycles. The van der Waals surface area contributed by atoms with E-state index in [0.29, 0.717) is 10.2 Å². The topological polar surface area (TPSA) is 52.5 Å². The second-order valence-corrected chi connectivity index (χ2v) is 3.71. The van der Waals surface area contributed by atoms with Gasteiger partial charge in [0.1, 0.15) is 0 Å². The average molecular weight is 279 g/mol. The molecule has 0 unspecified atom stereocenters. The molecule has 0 radical (unpaired) electrons. The Hall–Kier alpha value is -1.68. The number of carbonyl (C=O) groups excluding carboxylic acids is 1. The summed E-state index contributed by atoms with van der Waals surface area (Å²) in [6.07, 6.45) is 4.21. The van der Waals surface area contributed by atoms with Crippen molar-refractivity contribution < 1.29 is 9.90 Å². The summed E-state index contributed by atoms with van der Waals surface area (Å²) in [6, 6.07) is 6.08. The van der Waals surface area contributed by atoms with Gasteiger partial charge >= 0.3 is 0 Å². The van der Waals surface area contributed by atoms with Crippen LogP contribution >= 0.6 is 15.9 Å². The molecule has 1 rings (SSSR count). The van der Waals surface area contributed by atoms with Crippen molar-refractivity contribution in [2.45, 2.75) is 0 Å². The van der Waals surface area contributed by atoms with Crippen LogP contribution in [0.3, 0.4) is 0 Å². The molecule has 82 valence electrons. The number of hydrogen-bond donors (Lipinski definition) is 0. The van der Waals surface area contributed by atoms with Gasteiger partial charge in [0.05, 0.1) is 10.2 Å². The van der Waals surface area contributed by atoms with Crippen LogP contribution in [-0.4, -0.2) is 12.0 Å². The lowest BCUT2D eigenvalue weighted by atomic mass is 10.3. The Kier molecular flexibility index (Phi) is 4.66. The summed E-state index contributed by atoms with van der Waals surface area (Å²) in [7, 11) is 0. The van der Waals surface area contributed by atoms with E-state index in [1.807, 2.05) is 0 Å². The number of halogens is 1. The molecule has 0 spiro atoms. The molecule has 1 aromatic rings. The Morgan fingerprint density at radius 3 is 2.56 bits per heavy atom. The van der Waals surface area contributed by atoms with Crippen LogP contribution in [0.5, 0.6) is 5.75 Å². The molecule has 0 saturated carbocycles. The van der Waals surface area contributed by atoms with Gasteiger partial charge in [-0.15, -0.1) is 5.75 Å². The maximum Gasteiger partial charge on any atom is 0.192 e. The first kappa shape index (κ1) is 12.4. The highest BCUT2D eigenvalue weighted by molar-refractivity contribution is 9.12. The standard InChI is InChI=1S/C12H10BrNO2/c1-2-12(16)11(13)7-8-14-9-3-5-10(15)6-4-9/h2-8,15H,1H2/p-1/b11-7-,14-8?. The van der Waals surface area contributed by atoms with E-state index >= 15 is 0 Å². The summed E-state index contributed by atoms with van der Waals surface area (Å²) in [5.74, 6) is -0.265. The van der Waals surface area contributed by atoms with Gasteiger partial charge in [-0.3, -0.25) is 9.79 Å². The van der Waals surface area contributed by atoms with Gasteiger partial charge in [0.15, 0.2) is 5.78 Å². The Morgan fingerprint density at radius 2 is 2.00 bits per heavy atom. The fourth-order valence-electron chi connectivity index (χ4n) is 0.901. The third-order valence-corrected chi connectivity index (χ3v) is 2.36. The summed E-state index contributed by atoms with van der Waals surface area (Å²) in [5.41, 5.74) is 0.655. The number of carbonyl (C=O) groups is 1. The van der Waals surface area contributed by atoms with Crippen LogP contribution in [0.1, 0.15) is 0 Å². The van der Waals surface area contributed by atoms with E-state index in [9.17, 15) is 9.90 Å². The van der Waals surface area contributed by atoms with E-state index in [0.717, 1.165) is 0 Å². The minimum absolute atomic E-state index is 0.0579. The number of nitrogens with zero attached hydrogens (tertiary/aromatic N) is 1. The number of rotatable bonds is 4. The zero-order valence-corrected chi connectivity index (χ0v) is 9.98. The van der Waals surface area contributed by atoms with Gasteiger partial charge in [-0.05, 0) is 40.2 Å². The Morgan fingerprint density at radius 1 is 1.38 bits per heavy atom. The number of benzene rings is 1. The van der Waals surface area contributed by atoms with Crippen molar-refractivity contribution in [3.05, 3.63) is 47.5 Å². The van der Waals surface area contributed by atoms with Crippen molar-refractivity contribution in [3.63, 3.8) is 0 Å². The molecule has 0 aliphatic rings. The van der Waals surface area contributed by atoms with Crippen LogP contribution in [0.15, 0.2) is 52.5 Å². The lowest BCUT2D eigenvalue weighted by Crippen LogP contribution is -1.90. The highest BCUT2D eigenvalue weighted by Gasteiger charge is 1.97. The molecular formula is C12H9BrNO2-. The lowest BCUT2D eigenvalue weighted by molar-refractivity contribution is -0.268. The highest BCUT2D eigenvalue weighted by atomic mass is 79.9. The van der Waals surface area contributed by atoms with Gasteiger partial charge in [-0.2, -0.15) is 0 Å². The molecule has 1 aromatic carbocycles. The van der Waals surface area contributed by atoms with Crippen LogP contribution in [-0.2, 0) is 4.79 Å². The Labute approximate surface area is 102 Å². The fraction of sp³-hybridized carbons (Fsp3) is 0. The van der Waals surface area contributed by atoms with Gasteiger partial charge < -0.3 is 5.11 Å². The minimum Gasteiger partial charge on any atom is -0.872 e. The SMILES string of the molecule is C=CC(=O)/C(Br)=C/C=Nc1ccc([O-])cc1. The van der Waals surface area contributed by atoms with Crippen molar-refractivity contribution in [1.82, 2.24) is 0 Å². The van der Waals surface area contributed by atoms with Gasteiger partial charge in [0, 0.05) is 6.21 Å². The van der Waals surface area contributed by atoms with E-state index in [-0.39, 0.29) is 11.5 Å². The zero-order valence-electron chi connectivity index (χ0n) is 8.39. The van der Waals surface area contributed by atoms with Crippen LogP contribution < -0.4 is 5.11 Å². The first-order valence-electron chi connectivity index (χ1n) is 4.47. The lowest BCUT2D eigenvalue weighted by Gasteiger charge is -2.02. The van der Waals surface area contributed by atoms with Gasteiger partial charge in [-0.25, -0.2) is 0 Å². The van der Waals surface area contributed by atoms with Crippen molar-refractivity contribution in [1.29, 1.82) is 0 Å². The molecule has 0 amide bonds. The summed E-state index contributed by atoms with van der Waals surface area (Å²) < 4.78 is 0.381. The monoisotopic (exact) mass is 278 g/mol. The summed E-state index contributed by atoms with van der Waals surface area (Å²) in [5, 5.41) is 10.8. The van der Waals surface area contributed by atoms with E-state index < -0.39 is 0 Å². The quantitative estimate of drug-likeness (QED) is 0.628. The molecule has 0 bridgehead atoms. The predicted molar refractivity (Wildman–Crippen MR) is 66.3 cm³/mol. The summed E-state index contributed by atoms with van der Waals surface area (Å²) in [4.78, 5) is 15.1. The first-order valence-corrected chi connectivity index (χ1v) is 5.26. The van der Waals surface area contributed by atoms with Crippen molar-refractivity contribution >= 4 is 33.6 Å². The second kappa shape index (κ2) is 6.02. The third kappa shape index (κ3) is 3.82. The van der Waals surface area contributed by atoms with Crippen LogP contribution in [0, 0.1) is 0 Å². The van der Waals surface area contributed by atoms with Crippen LogP contribution in [0.2, 0.25) is 0 Å². The fourth-order valence-corrected chi connectivity index (χ4v) is 1.18. The molecular weight excluding hydrogens is 270 g/mol. The summed E-state index contributed by atoms with van der Waals surface area (Å²) in [6.45, 7) is 3.36. The third-order valence-electron chi connectivity index (χ3n) is 1.70. The molecule has 0 saturated heterocycles. The van der Waals surface area contributed by atoms with Crippen molar-refractivity contribution in [2.75, 3.05) is 0 Å². The number of allylic oxidation sites excluding steroid dienone is 3. The molecule has 16 heavy (non-hydrogen) atoms. The predicted octanol–water partition coefficient (Wildman–Crippen LogP) is 2.50. The maximum absolute atomic E-state index is 11.1. The Bertz CT molecular complexity index is 447. The second-order valence-electron chi connectivity index (χ2n) is 2.86. The first-order chi connectivity index (χ1) is 7.63. The van der Waals surface area contributed by atoms with E-state index in [1.165, 1.54) is 30.5 Å². The Balaban J connectivity index is 2.71. The molecule has 0 atom stereocenters. The molecule has 0 aromatic heterocycles. The molecule has 0 aliphatic heterocycles. The van der Waals surface area contributed by atoms with E-state index in [4.69, 9.17) is 0 Å². The van der Waals surface area contributed by atoms with Crippen LogP contribution in [0.25, 0.3) is 0 Å². The summed E-state index contributed by atoms with van der Waals surface area (Å²) >= 11 is 3.09. The molecule has 3 nitrogen and oxygen atoms in total. The van der Waals surface area contributed by atoms with Gasteiger partial charge in [0.25, 0.3) is 0 Å². The van der Waals surface area contributed by atoms with Gasteiger partial charge in [-0.1, -0.05) is 18.7 Å². The van der Waals surface area contributed by atoms with Crippen molar-refractivity contribution in [3.8, 4) is 5.75 Å². The molecule has 0 fully saturated rings. The average Bonchev–Trinajstić information content (AvgIpc) is 2.30. The van der Waals surface area contributed by atoms with E-state index in [2.05, 4.69) is 27.5 Å². The number of hydrogen-bond acceptors (Lipinski definition) is 3. The number of ketones is 1. The normalized spacial score (nSPS) is 11.7. The van der Waals surface area contributed by atoms with Crippen LogP contribution in [0.4, 0.5) is 5.69 Å². The smallest absolute Gasteiger partial charge is 0.192 e. The molecule has 0 N–H and O–H groups in total. The highest BCUT2D eigenvalue weighted by Crippen LogP contribution is 2.14. The van der Waals surface area contributed by atoms with Crippen molar-refractivity contribution in [2.24, 2.45) is 4.99 Å². The van der Waals surface area contributed by atoms with E-state index in [1.54, 1.807) is 12.1 Å².